The van der Waals surface area contributed by atoms with Crippen LogP contribution in [0.15, 0.2) is 35.7 Å². The molecule has 0 amide bonds. The van der Waals surface area contributed by atoms with Gasteiger partial charge in [0.15, 0.2) is 0 Å². The van der Waals surface area contributed by atoms with Gasteiger partial charge in [-0.15, -0.1) is 4.91 Å². The maximum absolute atomic E-state index is 11.6. The number of aromatic nitrogens is 1. The Hall–Kier alpha value is -2.25. The van der Waals surface area contributed by atoms with Crippen LogP contribution in [0.5, 0.6) is 0 Å². The third-order valence-corrected chi connectivity index (χ3v) is 4.89. The number of nitroso groups, excluding NO2 is 1. The number of benzene rings is 1. The van der Waals surface area contributed by atoms with Crippen molar-refractivity contribution in [2.75, 3.05) is 31.3 Å². The Labute approximate surface area is 170 Å². The first-order valence-corrected chi connectivity index (χ1v) is 9.86. The number of fused-ring (bicyclic) bond motifs is 1. The first-order chi connectivity index (χ1) is 13.5. The molecule has 7 nitrogen and oxygen atoms in total. The molecule has 1 aromatic heterocycles. The van der Waals surface area contributed by atoms with E-state index in [9.17, 15) is 9.70 Å². The number of nitrogens with zero attached hydrogens (tertiary/aromatic N) is 4. The third-order valence-electron chi connectivity index (χ3n) is 4.67. The van der Waals surface area contributed by atoms with E-state index in [4.69, 9.17) is 16.3 Å². The zero-order chi connectivity index (χ0) is 20.5. The van der Waals surface area contributed by atoms with Gasteiger partial charge in [0.05, 0.1) is 22.5 Å². The third kappa shape index (κ3) is 6.14. The minimum atomic E-state index is -0.263. The lowest BCUT2D eigenvalue weighted by molar-refractivity contribution is -0.141. The molecule has 0 saturated carbocycles. The maximum atomic E-state index is 11.6. The molecule has 2 aromatic rings. The van der Waals surface area contributed by atoms with Gasteiger partial charge in [0.2, 0.25) is 0 Å². The van der Waals surface area contributed by atoms with Crippen molar-refractivity contribution in [3.8, 4) is 0 Å². The van der Waals surface area contributed by atoms with Crippen molar-refractivity contribution in [2.45, 2.75) is 39.7 Å². The minimum absolute atomic E-state index is 0.0912. The Morgan fingerprint density at radius 3 is 2.82 bits per heavy atom. The largest absolute Gasteiger partial charge is 0.465 e. The lowest BCUT2D eigenvalue weighted by atomic mass is 10.1. The van der Waals surface area contributed by atoms with E-state index >= 15 is 0 Å². The fourth-order valence-corrected chi connectivity index (χ4v) is 3.37. The van der Waals surface area contributed by atoms with E-state index in [1.165, 1.54) is 11.9 Å². The van der Waals surface area contributed by atoms with Crippen molar-refractivity contribution < 1.29 is 9.53 Å². The van der Waals surface area contributed by atoms with E-state index in [2.05, 4.69) is 22.1 Å². The van der Waals surface area contributed by atoms with Gasteiger partial charge in [-0.3, -0.25) is 9.78 Å². The summed E-state index contributed by atoms with van der Waals surface area (Å²) in [7, 11) is 0. The number of hydrogen-bond acceptors (Lipinski definition) is 6. The van der Waals surface area contributed by atoms with Gasteiger partial charge in [-0.2, -0.15) is 0 Å². The summed E-state index contributed by atoms with van der Waals surface area (Å²) in [5.41, 5.74) is 1.40. The molecule has 1 atom stereocenters. The molecule has 1 heterocycles. The molecule has 0 N–H and O–H groups in total. The molecule has 1 unspecified atom stereocenters. The maximum Gasteiger partial charge on any atom is 0.302 e. The van der Waals surface area contributed by atoms with Crippen LogP contribution in [0.3, 0.4) is 0 Å². The first kappa shape index (κ1) is 22.0. The Morgan fingerprint density at radius 1 is 1.36 bits per heavy atom. The van der Waals surface area contributed by atoms with Crippen molar-refractivity contribution in [2.24, 2.45) is 5.29 Å². The predicted molar refractivity (Wildman–Crippen MR) is 112 cm³/mol. The smallest absolute Gasteiger partial charge is 0.302 e. The van der Waals surface area contributed by atoms with E-state index in [1.54, 1.807) is 18.3 Å². The average molecular weight is 407 g/mol. The van der Waals surface area contributed by atoms with Crippen LogP contribution in [0.25, 0.3) is 10.9 Å². The standard InChI is InChI=1S/C20H27ClN4O3/c1-4-24(11-12-28-16(3)26)10-6-7-15(2)25(23-27)20-14-17(21)13-19-18(20)8-5-9-22-19/h5,8-9,13-15H,4,6-7,10-12H2,1-3H3. The van der Waals surface area contributed by atoms with Crippen LogP contribution in [0, 0.1) is 4.91 Å². The highest BCUT2D eigenvalue weighted by atomic mass is 35.5. The molecule has 0 aliphatic heterocycles. The van der Waals surface area contributed by atoms with Gasteiger partial charge in [0.25, 0.3) is 0 Å². The topological polar surface area (TPSA) is 75.1 Å². The number of ether oxygens (including phenoxy) is 1. The van der Waals surface area contributed by atoms with Crippen molar-refractivity contribution in [1.29, 1.82) is 0 Å². The molecule has 0 aliphatic rings. The second-order valence-corrected chi connectivity index (χ2v) is 7.12. The van der Waals surface area contributed by atoms with Gasteiger partial charge < -0.3 is 9.64 Å². The number of carbonyl (C=O) groups excluding carboxylic acids is 1. The number of pyridine rings is 1. The molecule has 8 heteroatoms. The van der Waals surface area contributed by atoms with Crippen molar-refractivity contribution in [1.82, 2.24) is 9.88 Å². The zero-order valence-electron chi connectivity index (χ0n) is 16.6. The molecule has 28 heavy (non-hydrogen) atoms. The molecule has 2 rings (SSSR count). The number of halogens is 1. The van der Waals surface area contributed by atoms with Crippen LogP contribution >= 0.6 is 11.6 Å². The molecule has 0 spiro atoms. The van der Waals surface area contributed by atoms with Crippen molar-refractivity contribution >= 4 is 34.2 Å². The summed E-state index contributed by atoms with van der Waals surface area (Å²) in [6, 6.07) is 7.17. The SMILES string of the molecule is CCN(CCCC(C)N(N=O)c1cc(Cl)cc2ncccc12)CCOC(C)=O. The molecule has 0 saturated heterocycles. The lowest BCUT2D eigenvalue weighted by Crippen LogP contribution is -2.32. The van der Waals surface area contributed by atoms with Gasteiger partial charge in [-0.05, 0) is 57.1 Å². The summed E-state index contributed by atoms with van der Waals surface area (Å²) in [6.07, 6.45) is 3.36. The van der Waals surface area contributed by atoms with Gasteiger partial charge in [-0.1, -0.05) is 18.5 Å². The fraction of sp³-hybridized carbons (Fsp3) is 0.500. The van der Waals surface area contributed by atoms with E-state index in [-0.39, 0.29) is 12.0 Å². The average Bonchev–Trinajstić information content (AvgIpc) is 2.66. The molecule has 152 valence electrons. The van der Waals surface area contributed by atoms with E-state index in [0.29, 0.717) is 23.9 Å². The lowest BCUT2D eigenvalue weighted by Gasteiger charge is -2.26. The second-order valence-electron chi connectivity index (χ2n) is 6.69. The van der Waals surface area contributed by atoms with E-state index < -0.39 is 0 Å². The van der Waals surface area contributed by atoms with Gasteiger partial charge in [0.1, 0.15) is 6.61 Å². The molecule has 0 radical (unpaired) electrons. The highest BCUT2D eigenvalue weighted by Gasteiger charge is 2.19. The Balaban J connectivity index is 1.99. The van der Waals surface area contributed by atoms with Crippen molar-refractivity contribution in [3.05, 3.63) is 40.4 Å². The molecular formula is C20H27ClN4O3. The number of hydrogen-bond donors (Lipinski definition) is 0. The highest BCUT2D eigenvalue weighted by molar-refractivity contribution is 6.31. The van der Waals surface area contributed by atoms with Crippen LogP contribution < -0.4 is 5.01 Å². The van der Waals surface area contributed by atoms with Gasteiger partial charge >= 0.3 is 5.97 Å². The quantitative estimate of drug-likeness (QED) is 0.312. The van der Waals surface area contributed by atoms with Crippen LogP contribution in [-0.4, -0.2) is 48.1 Å². The highest BCUT2D eigenvalue weighted by Crippen LogP contribution is 2.32. The Bertz CT molecular complexity index is 802. The Kier molecular flexibility index (Phi) is 8.60. The minimum Gasteiger partial charge on any atom is -0.465 e. The number of likely N-dealkylation sites (N-methyl/N-ethyl adjacent to an activating group) is 1. The number of rotatable bonds is 11. The number of anilines is 1. The summed E-state index contributed by atoms with van der Waals surface area (Å²) >= 11 is 6.21. The summed E-state index contributed by atoms with van der Waals surface area (Å²) in [5.74, 6) is -0.263. The number of esters is 1. The summed E-state index contributed by atoms with van der Waals surface area (Å²) in [6.45, 7) is 8.27. The van der Waals surface area contributed by atoms with Crippen LogP contribution in [0.4, 0.5) is 5.69 Å². The molecular weight excluding hydrogens is 380 g/mol. The van der Waals surface area contributed by atoms with Gasteiger partial charge in [-0.25, -0.2) is 5.01 Å². The zero-order valence-corrected chi connectivity index (χ0v) is 17.4. The molecule has 1 aromatic carbocycles. The van der Waals surface area contributed by atoms with Crippen LogP contribution in [0.2, 0.25) is 5.02 Å². The summed E-state index contributed by atoms with van der Waals surface area (Å²) in [4.78, 5) is 29.0. The predicted octanol–water partition coefficient (Wildman–Crippen LogP) is 4.43. The van der Waals surface area contributed by atoms with Crippen LogP contribution in [0.1, 0.15) is 33.6 Å². The van der Waals surface area contributed by atoms with E-state index in [0.717, 1.165) is 36.8 Å². The summed E-state index contributed by atoms with van der Waals surface area (Å²) < 4.78 is 5.00. The van der Waals surface area contributed by atoms with Gasteiger partial charge in [0, 0.05) is 30.1 Å². The second kappa shape index (κ2) is 10.9. The normalized spacial score (nSPS) is 12.2. The Morgan fingerprint density at radius 2 is 2.14 bits per heavy atom. The summed E-state index contributed by atoms with van der Waals surface area (Å²) in [5, 5.41) is 6.10. The molecule has 0 bridgehead atoms. The van der Waals surface area contributed by atoms with Crippen LogP contribution in [-0.2, 0) is 9.53 Å². The fourth-order valence-electron chi connectivity index (χ4n) is 3.16. The number of carbonyl (C=O) groups is 1. The first-order valence-electron chi connectivity index (χ1n) is 9.48. The molecule has 0 aliphatic carbocycles. The van der Waals surface area contributed by atoms with E-state index in [1.807, 2.05) is 19.1 Å². The van der Waals surface area contributed by atoms with Crippen molar-refractivity contribution in [3.63, 3.8) is 0 Å². The molecule has 0 fully saturated rings. The monoisotopic (exact) mass is 406 g/mol.